The van der Waals surface area contributed by atoms with Crippen molar-refractivity contribution in [2.24, 2.45) is 0 Å². The molecule has 1 aromatic carbocycles. The van der Waals surface area contributed by atoms with Crippen molar-refractivity contribution in [3.63, 3.8) is 0 Å². The second-order valence-corrected chi connectivity index (χ2v) is 5.28. The first-order valence-electron chi connectivity index (χ1n) is 6.93. The van der Waals surface area contributed by atoms with Crippen molar-refractivity contribution in [2.45, 2.75) is 38.3 Å². The van der Waals surface area contributed by atoms with Crippen LogP contribution in [0.15, 0.2) is 24.3 Å². The van der Waals surface area contributed by atoms with E-state index in [0.29, 0.717) is 5.91 Å². The maximum absolute atomic E-state index is 12.4. The SMILES string of the molecule is O=C([C@H]1CCCN1)N1CCCc2ccccc2C1. The highest BCUT2D eigenvalue weighted by Crippen LogP contribution is 2.20. The zero-order chi connectivity index (χ0) is 12.4. The molecule has 2 heterocycles. The van der Waals surface area contributed by atoms with Crippen molar-refractivity contribution in [2.75, 3.05) is 13.1 Å². The molecule has 96 valence electrons. The molecule has 2 aliphatic rings. The average Bonchev–Trinajstić information content (AvgIpc) is 2.84. The first-order valence-corrected chi connectivity index (χ1v) is 6.93. The number of aryl methyl sites for hydroxylation is 1. The number of amides is 1. The summed E-state index contributed by atoms with van der Waals surface area (Å²) in [5.41, 5.74) is 2.73. The van der Waals surface area contributed by atoms with Crippen LogP contribution in [0.3, 0.4) is 0 Å². The van der Waals surface area contributed by atoms with Gasteiger partial charge >= 0.3 is 0 Å². The van der Waals surface area contributed by atoms with Crippen LogP contribution in [0.1, 0.15) is 30.4 Å². The van der Waals surface area contributed by atoms with Crippen molar-refractivity contribution in [1.29, 1.82) is 0 Å². The lowest BCUT2D eigenvalue weighted by Crippen LogP contribution is -2.43. The lowest BCUT2D eigenvalue weighted by Gasteiger charge is -2.24. The molecule has 0 spiro atoms. The summed E-state index contributed by atoms with van der Waals surface area (Å²) in [4.78, 5) is 14.5. The van der Waals surface area contributed by atoms with E-state index in [1.54, 1.807) is 0 Å². The number of hydrogen-bond acceptors (Lipinski definition) is 2. The summed E-state index contributed by atoms with van der Waals surface area (Å²) in [6, 6.07) is 8.57. The Morgan fingerprint density at radius 1 is 1.22 bits per heavy atom. The number of carbonyl (C=O) groups excluding carboxylic acids is 1. The van der Waals surface area contributed by atoms with Gasteiger partial charge in [0.05, 0.1) is 6.04 Å². The lowest BCUT2D eigenvalue weighted by atomic mass is 10.0. The van der Waals surface area contributed by atoms with E-state index in [0.717, 1.165) is 45.3 Å². The molecule has 0 saturated carbocycles. The largest absolute Gasteiger partial charge is 0.337 e. The third-order valence-corrected chi connectivity index (χ3v) is 4.02. The molecule has 1 amide bonds. The van der Waals surface area contributed by atoms with Gasteiger partial charge in [0.1, 0.15) is 0 Å². The zero-order valence-electron chi connectivity index (χ0n) is 10.7. The molecular formula is C15H20N2O. The highest BCUT2D eigenvalue weighted by Gasteiger charge is 2.27. The minimum atomic E-state index is 0.0651. The molecule has 1 atom stereocenters. The Bertz CT molecular complexity index is 438. The summed E-state index contributed by atoms with van der Waals surface area (Å²) < 4.78 is 0. The van der Waals surface area contributed by atoms with Gasteiger partial charge in [0.2, 0.25) is 5.91 Å². The van der Waals surface area contributed by atoms with E-state index >= 15 is 0 Å². The third kappa shape index (κ3) is 2.27. The molecule has 0 radical (unpaired) electrons. The van der Waals surface area contributed by atoms with Gasteiger partial charge in [-0.2, -0.15) is 0 Å². The van der Waals surface area contributed by atoms with Crippen LogP contribution in [0.2, 0.25) is 0 Å². The fourth-order valence-electron chi connectivity index (χ4n) is 3.00. The highest BCUT2D eigenvalue weighted by molar-refractivity contribution is 5.82. The molecule has 0 aromatic heterocycles. The monoisotopic (exact) mass is 244 g/mol. The van der Waals surface area contributed by atoms with Gasteiger partial charge in [-0.3, -0.25) is 4.79 Å². The van der Waals surface area contributed by atoms with Crippen LogP contribution in [-0.4, -0.2) is 29.9 Å². The van der Waals surface area contributed by atoms with Crippen LogP contribution in [0.25, 0.3) is 0 Å². The van der Waals surface area contributed by atoms with E-state index in [-0.39, 0.29) is 6.04 Å². The quantitative estimate of drug-likeness (QED) is 0.815. The van der Waals surface area contributed by atoms with Crippen LogP contribution in [0.4, 0.5) is 0 Å². The average molecular weight is 244 g/mol. The van der Waals surface area contributed by atoms with Crippen molar-refractivity contribution < 1.29 is 4.79 Å². The van der Waals surface area contributed by atoms with Crippen molar-refractivity contribution in [3.05, 3.63) is 35.4 Å². The number of nitrogens with one attached hydrogen (secondary N) is 1. The van der Waals surface area contributed by atoms with Crippen LogP contribution in [-0.2, 0) is 17.8 Å². The van der Waals surface area contributed by atoms with E-state index in [1.807, 2.05) is 4.90 Å². The molecule has 0 aliphatic carbocycles. The van der Waals surface area contributed by atoms with E-state index in [9.17, 15) is 4.79 Å². The van der Waals surface area contributed by atoms with Crippen LogP contribution < -0.4 is 5.32 Å². The molecule has 0 unspecified atom stereocenters. The molecule has 1 fully saturated rings. The normalized spacial score (nSPS) is 23.6. The van der Waals surface area contributed by atoms with Crippen molar-refractivity contribution >= 4 is 5.91 Å². The molecule has 3 nitrogen and oxygen atoms in total. The van der Waals surface area contributed by atoms with Crippen molar-refractivity contribution in [1.82, 2.24) is 10.2 Å². The van der Waals surface area contributed by atoms with E-state index < -0.39 is 0 Å². The van der Waals surface area contributed by atoms with Gasteiger partial charge in [0.15, 0.2) is 0 Å². The first kappa shape index (κ1) is 11.7. The van der Waals surface area contributed by atoms with Gasteiger partial charge in [-0.25, -0.2) is 0 Å². The van der Waals surface area contributed by atoms with Gasteiger partial charge in [0.25, 0.3) is 0 Å². The molecule has 3 heteroatoms. The maximum Gasteiger partial charge on any atom is 0.240 e. The Morgan fingerprint density at radius 3 is 2.83 bits per heavy atom. The summed E-state index contributed by atoms with van der Waals surface area (Å²) in [7, 11) is 0. The first-order chi connectivity index (χ1) is 8.84. The maximum atomic E-state index is 12.4. The fourth-order valence-corrected chi connectivity index (χ4v) is 3.00. The zero-order valence-corrected chi connectivity index (χ0v) is 10.7. The van der Waals surface area contributed by atoms with E-state index in [2.05, 4.69) is 29.6 Å². The van der Waals surface area contributed by atoms with Gasteiger partial charge in [0, 0.05) is 13.1 Å². The van der Waals surface area contributed by atoms with Crippen LogP contribution in [0, 0.1) is 0 Å². The number of fused-ring (bicyclic) bond motifs is 1. The second-order valence-electron chi connectivity index (χ2n) is 5.28. The van der Waals surface area contributed by atoms with Gasteiger partial charge in [-0.1, -0.05) is 24.3 Å². The summed E-state index contributed by atoms with van der Waals surface area (Å²) in [6.07, 6.45) is 4.30. The molecule has 18 heavy (non-hydrogen) atoms. The highest BCUT2D eigenvalue weighted by atomic mass is 16.2. The molecule has 3 rings (SSSR count). The molecule has 1 aromatic rings. The Hall–Kier alpha value is -1.35. The minimum absolute atomic E-state index is 0.0651. The second kappa shape index (κ2) is 5.11. The molecule has 1 saturated heterocycles. The summed E-state index contributed by atoms with van der Waals surface area (Å²) in [5, 5.41) is 3.31. The summed E-state index contributed by atoms with van der Waals surface area (Å²) >= 11 is 0. The van der Waals surface area contributed by atoms with Crippen molar-refractivity contribution in [3.8, 4) is 0 Å². The number of rotatable bonds is 1. The number of nitrogens with zero attached hydrogens (tertiary/aromatic N) is 1. The molecule has 1 N–H and O–H groups in total. The lowest BCUT2D eigenvalue weighted by molar-refractivity contribution is -0.133. The number of hydrogen-bond donors (Lipinski definition) is 1. The topological polar surface area (TPSA) is 32.3 Å². The predicted octanol–water partition coefficient (Wildman–Crippen LogP) is 1.71. The third-order valence-electron chi connectivity index (χ3n) is 4.02. The Morgan fingerprint density at radius 2 is 2.06 bits per heavy atom. The Balaban J connectivity index is 1.76. The van der Waals surface area contributed by atoms with Gasteiger partial charge in [-0.05, 0) is 43.4 Å². The minimum Gasteiger partial charge on any atom is -0.337 e. The predicted molar refractivity (Wildman–Crippen MR) is 71.2 cm³/mol. The molecule has 2 aliphatic heterocycles. The van der Waals surface area contributed by atoms with Crippen LogP contribution in [0.5, 0.6) is 0 Å². The molecular weight excluding hydrogens is 224 g/mol. The van der Waals surface area contributed by atoms with Gasteiger partial charge in [-0.15, -0.1) is 0 Å². The summed E-state index contributed by atoms with van der Waals surface area (Å²) in [5.74, 6) is 0.296. The van der Waals surface area contributed by atoms with Gasteiger partial charge < -0.3 is 10.2 Å². The smallest absolute Gasteiger partial charge is 0.240 e. The number of carbonyl (C=O) groups is 1. The van der Waals surface area contributed by atoms with E-state index in [1.165, 1.54) is 11.1 Å². The van der Waals surface area contributed by atoms with E-state index in [4.69, 9.17) is 0 Å². The molecule has 0 bridgehead atoms. The standard InChI is InChI=1S/C15H20N2O/c18-15(14-8-3-9-16-14)17-10-4-7-12-5-1-2-6-13(12)11-17/h1-2,5-6,14,16H,3-4,7-11H2/t14-/m1/s1. The fraction of sp³-hybridized carbons (Fsp3) is 0.533. The summed E-state index contributed by atoms with van der Waals surface area (Å²) in [6.45, 7) is 2.67. The Labute approximate surface area is 108 Å². The number of benzene rings is 1. The Kier molecular flexibility index (Phi) is 3.33. The van der Waals surface area contributed by atoms with Crippen LogP contribution >= 0.6 is 0 Å².